The molecule has 0 radical (unpaired) electrons. The maximum absolute atomic E-state index is 11.9. The van der Waals surface area contributed by atoms with Crippen molar-refractivity contribution in [3.8, 4) is 0 Å². The molecule has 96 valence electrons. The molecule has 1 aliphatic carbocycles. The van der Waals surface area contributed by atoms with Crippen LogP contribution in [0, 0.1) is 5.92 Å². The van der Waals surface area contributed by atoms with Crippen LogP contribution in [0.1, 0.15) is 53.4 Å². The van der Waals surface area contributed by atoms with Crippen molar-refractivity contribution in [2.75, 3.05) is 0 Å². The van der Waals surface area contributed by atoms with Gasteiger partial charge in [0.05, 0.1) is 0 Å². The molecule has 2 heteroatoms. The lowest BCUT2D eigenvalue weighted by Crippen LogP contribution is -2.45. The maximum Gasteiger partial charge on any atom is 0.187 e. The SMILES string of the molecule is CC(C)=CCCC(C)C1(O)CCC(C)=CC1=O. The summed E-state index contributed by atoms with van der Waals surface area (Å²) in [4.78, 5) is 11.9. The van der Waals surface area contributed by atoms with Gasteiger partial charge in [0.15, 0.2) is 5.78 Å². The fraction of sp³-hybridized carbons (Fsp3) is 0.667. The Morgan fingerprint density at radius 3 is 2.76 bits per heavy atom. The number of carbonyl (C=O) groups excluding carboxylic acids is 1. The average Bonchev–Trinajstić information content (AvgIpc) is 2.23. The van der Waals surface area contributed by atoms with Gasteiger partial charge < -0.3 is 5.11 Å². The van der Waals surface area contributed by atoms with Gasteiger partial charge in [0, 0.05) is 0 Å². The number of aliphatic hydroxyl groups is 1. The van der Waals surface area contributed by atoms with Crippen LogP contribution < -0.4 is 0 Å². The van der Waals surface area contributed by atoms with Gasteiger partial charge in [-0.25, -0.2) is 0 Å². The van der Waals surface area contributed by atoms with Crippen molar-refractivity contribution in [1.29, 1.82) is 0 Å². The lowest BCUT2D eigenvalue weighted by atomic mass is 9.75. The Bertz CT molecular complexity index is 348. The second-order valence-corrected chi connectivity index (χ2v) is 5.54. The molecular formula is C15H24O2. The Hall–Kier alpha value is -0.890. The van der Waals surface area contributed by atoms with Crippen molar-refractivity contribution >= 4 is 5.78 Å². The van der Waals surface area contributed by atoms with Gasteiger partial charge in [-0.05, 0) is 58.4 Å². The zero-order valence-electron chi connectivity index (χ0n) is 11.4. The molecule has 0 aromatic heterocycles. The zero-order chi connectivity index (χ0) is 13.1. The molecule has 1 aliphatic rings. The van der Waals surface area contributed by atoms with E-state index in [2.05, 4.69) is 19.9 Å². The van der Waals surface area contributed by atoms with E-state index in [0.717, 1.165) is 24.8 Å². The predicted molar refractivity (Wildman–Crippen MR) is 70.8 cm³/mol. The van der Waals surface area contributed by atoms with Gasteiger partial charge in [0.25, 0.3) is 0 Å². The molecule has 0 amide bonds. The highest BCUT2D eigenvalue weighted by atomic mass is 16.3. The minimum atomic E-state index is -1.13. The number of allylic oxidation sites excluding steroid dienone is 3. The lowest BCUT2D eigenvalue weighted by molar-refractivity contribution is -0.139. The third-order valence-corrected chi connectivity index (χ3v) is 3.67. The minimum Gasteiger partial charge on any atom is -0.381 e. The van der Waals surface area contributed by atoms with Crippen molar-refractivity contribution in [1.82, 2.24) is 0 Å². The van der Waals surface area contributed by atoms with Crippen LogP contribution in [-0.4, -0.2) is 16.5 Å². The summed E-state index contributed by atoms with van der Waals surface area (Å²) in [6.07, 6.45) is 6.97. The Morgan fingerprint density at radius 1 is 1.59 bits per heavy atom. The molecule has 0 heterocycles. The van der Waals surface area contributed by atoms with Crippen LogP contribution >= 0.6 is 0 Å². The third kappa shape index (κ3) is 3.53. The molecule has 0 saturated heterocycles. The van der Waals surface area contributed by atoms with Gasteiger partial charge in [0.2, 0.25) is 0 Å². The van der Waals surface area contributed by atoms with E-state index in [0.29, 0.717) is 6.42 Å². The first-order chi connectivity index (χ1) is 7.86. The predicted octanol–water partition coefficient (Wildman–Crippen LogP) is 3.41. The molecule has 0 aliphatic heterocycles. The third-order valence-electron chi connectivity index (χ3n) is 3.67. The molecule has 0 bridgehead atoms. The fourth-order valence-electron chi connectivity index (χ4n) is 2.28. The van der Waals surface area contributed by atoms with E-state index >= 15 is 0 Å². The standard InChI is InChI=1S/C15H24O2/c1-11(2)6-5-7-13(4)15(17)9-8-12(3)10-14(15)16/h6,10,13,17H,5,7-9H2,1-4H3. The molecule has 17 heavy (non-hydrogen) atoms. The van der Waals surface area contributed by atoms with Gasteiger partial charge in [-0.3, -0.25) is 4.79 Å². The summed E-state index contributed by atoms with van der Waals surface area (Å²) in [5.74, 6) is -0.0825. The van der Waals surface area contributed by atoms with Gasteiger partial charge in [0.1, 0.15) is 5.60 Å². The topological polar surface area (TPSA) is 37.3 Å². The van der Waals surface area contributed by atoms with Crippen LogP contribution in [-0.2, 0) is 4.79 Å². The summed E-state index contributed by atoms with van der Waals surface area (Å²) in [6.45, 7) is 8.06. The molecule has 0 saturated carbocycles. The molecule has 1 N–H and O–H groups in total. The van der Waals surface area contributed by atoms with Gasteiger partial charge in [-0.2, -0.15) is 0 Å². The number of rotatable bonds is 4. The van der Waals surface area contributed by atoms with Crippen LogP contribution in [0.25, 0.3) is 0 Å². The van der Waals surface area contributed by atoms with E-state index in [4.69, 9.17) is 0 Å². The maximum atomic E-state index is 11.9. The largest absolute Gasteiger partial charge is 0.381 e. The normalized spacial score (nSPS) is 26.4. The molecule has 2 unspecified atom stereocenters. The monoisotopic (exact) mass is 236 g/mol. The number of ketones is 1. The number of carbonyl (C=O) groups is 1. The zero-order valence-corrected chi connectivity index (χ0v) is 11.4. The van der Waals surface area contributed by atoms with E-state index < -0.39 is 5.60 Å². The Morgan fingerprint density at radius 2 is 2.24 bits per heavy atom. The lowest BCUT2D eigenvalue weighted by Gasteiger charge is -2.34. The van der Waals surface area contributed by atoms with E-state index in [1.165, 1.54) is 5.57 Å². The summed E-state index contributed by atoms with van der Waals surface area (Å²) < 4.78 is 0. The Labute approximate surface area is 104 Å². The summed E-state index contributed by atoms with van der Waals surface area (Å²) in [7, 11) is 0. The van der Waals surface area contributed by atoms with Crippen LogP contribution in [0.4, 0.5) is 0 Å². The van der Waals surface area contributed by atoms with Gasteiger partial charge >= 0.3 is 0 Å². The first kappa shape index (κ1) is 14.2. The quantitative estimate of drug-likeness (QED) is 0.759. The Kier molecular flexibility index (Phi) is 4.70. The van der Waals surface area contributed by atoms with Crippen LogP contribution in [0.2, 0.25) is 0 Å². The molecule has 0 spiro atoms. The minimum absolute atomic E-state index is 0.0231. The summed E-state index contributed by atoms with van der Waals surface area (Å²) in [5.41, 5.74) is 1.24. The van der Waals surface area contributed by atoms with Crippen molar-refractivity contribution in [3.63, 3.8) is 0 Å². The van der Waals surface area contributed by atoms with Crippen LogP contribution in [0.15, 0.2) is 23.3 Å². The molecule has 0 aromatic rings. The Balaban J connectivity index is 2.65. The molecule has 0 fully saturated rings. The number of hydrogen-bond acceptors (Lipinski definition) is 2. The average molecular weight is 236 g/mol. The van der Waals surface area contributed by atoms with Crippen LogP contribution in [0.5, 0.6) is 0 Å². The highest BCUT2D eigenvalue weighted by molar-refractivity contribution is 5.98. The highest BCUT2D eigenvalue weighted by Gasteiger charge is 2.41. The molecule has 2 nitrogen and oxygen atoms in total. The van der Waals surface area contributed by atoms with E-state index in [9.17, 15) is 9.90 Å². The second-order valence-electron chi connectivity index (χ2n) is 5.54. The van der Waals surface area contributed by atoms with E-state index in [-0.39, 0.29) is 11.7 Å². The molecule has 1 rings (SSSR count). The smallest absolute Gasteiger partial charge is 0.187 e. The summed E-state index contributed by atoms with van der Waals surface area (Å²) >= 11 is 0. The highest BCUT2D eigenvalue weighted by Crippen LogP contribution is 2.33. The number of hydrogen-bond donors (Lipinski definition) is 1. The van der Waals surface area contributed by atoms with Crippen LogP contribution in [0.3, 0.4) is 0 Å². The first-order valence-corrected chi connectivity index (χ1v) is 6.43. The van der Waals surface area contributed by atoms with Crippen molar-refractivity contribution < 1.29 is 9.90 Å². The van der Waals surface area contributed by atoms with E-state index in [1.54, 1.807) is 6.08 Å². The summed E-state index contributed by atoms with van der Waals surface area (Å²) in [6, 6.07) is 0. The van der Waals surface area contributed by atoms with Crippen molar-refractivity contribution in [3.05, 3.63) is 23.3 Å². The van der Waals surface area contributed by atoms with Crippen molar-refractivity contribution in [2.24, 2.45) is 5.92 Å². The van der Waals surface area contributed by atoms with Gasteiger partial charge in [-0.1, -0.05) is 24.1 Å². The first-order valence-electron chi connectivity index (χ1n) is 6.43. The van der Waals surface area contributed by atoms with E-state index in [1.807, 2.05) is 13.8 Å². The molecular weight excluding hydrogens is 212 g/mol. The van der Waals surface area contributed by atoms with Gasteiger partial charge in [-0.15, -0.1) is 0 Å². The molecule has 2 atom stereocenters. The summed E-state index contributed by atoms with van der Waals surface area (Å²) in [5, 5.41) is 10.5. The van der Waals surface area contributed by atoms with Crippen molar-refractivity contribution in [2.45, 2.75) is 59.0 Å². The molecule has 0 aromatic carbocycles. The fourth-order valence-corrected chi connectivity index (χ4v) is 2.28. The second kappa shape index (κ2) is 5.63.